The van der Waals surface area contributed by atoms with E-state index in [1.807, 2.05) is 0 Å². The summed E-state index contributed by atoms with van der Waals surface area (Å²) < 4.78 is 0. The zero-order chi connectivity index (χ0) is 8.97. The van der Waals surface area contributed by atoms with Crippen LogP contribution in [0.2, 0.25) is 0 Å². The molecule has 68 valence electrons. The lowest BCUT2D eigenvalue weighted by molar-refractivity contribution is -0.137. The summed E-state index contributed by atoms with van der Waals surface area (Å²) in [6.45, 7) is 2.22. The number of carboxylic acid groups (broad SMARTS) is 1. The maximum absolute atomic E-state index is 10.3. The Morgan fingerprint density at radius 3 is 3.00 bits per heavy atom. The summed E-state index contributed by atoms with van der Waals surface area (Å²) in [7, 11) is 0. The van der Waals surface area contributed by atoms with Gasteiger partial charge in [0.15, 0.2) is 0 Å². The second kappa shape index (κ2) is 4.29. The SMILES string of the molecule is CC1CC=CC(CCC(=O)O)C1. The molecule has 0 saturated carbocycles. The van der Waals surface area contributed by atoms with Gasteiger partial charge < -0.3 is 5.11 Å². The molecule has 0 saturated heterocycles. The van der Waals surface area contributed by atoms with Crippen LogP contribution < -0.4 is 0 Å². The fraction of sp³-hybridized carbons (Fsp3) is 0.700. The van der Waals surface area contributed by atoms with Crippen LogP contribution in [0.1, 0.15) is 32.6 Å². The topological polar surface area (TPSA) is 37.3 Å². The molecular weight excluding hydrogens is 152 g/mol. The maximum Gasteiger partial charge on any atom is 0.303 e. The molecule has 0 heterocycles. The Balaban J connectivity index is 2.28. The van der Waals surface area contributed by atoms with Crippen LogP contribution in [0.3, 0.4) is 0 Å². The third-order valence-corrected chi connectivity index (χ3v) is 2.38. The van der Waals surface area contributed by atoms with Gasteiger partial charge in [0.25, 0.3) is 0 Å². The number of aliphatic carboxylic acids is 1. The minimum atomic E-state index is -0.679. The van der Waals surface area contributed by atoms with Crippen molar-refractivity contribution < 1.29 is 9.90 Å². The van der Waals surface area contributed by atoms with Crippen LogP contribution in [0.4, 0.5) is 0 Å². The Hall–Kier alpha value is -0.790. The van der Waals surface area contributed by atoms with Crippen LogP contribution in [0.5, 0.6) is 0 Å². The molecule has 0 aromatic carbocycles. The molecule has 0 aliphatic heterocycles. The third-order valence-electron chi connectivity index (χ3n) is 2.38. The summed E-state index contributed by atoms with van der Waals surface area (Å²) in [5.74, 6) is 0.556. The Bertz CT molecular complexity index is 184. The van der Waals surface area contributed by atoms with Crippen molar-refractivity contribution in [1.82, 2.24) is 0 Å². The molecule has 0 aromatic heterocycles. The van der Waals surface area contributed by atoms with E-state index < -0.39 is 5.97 Å². The van der Waals surface area contributed by atoms with Gasteiger partial charge in [-0.1, -0.05) is 19.1 Å². The van der Waals surface area contributed by atoms with Crippen LogP contribution in [0, 0.1) is 11.8 Å². The van der Waals surface area contributed by atoms with Crippen molar-refractivity contribution >= 4 is 5.97 Å². The lowest BCUT2D eigenvalue weighted by Gasteiger charge is -2.20. The van der Waals surface area contributed by atoms with E-state index in [1.165, 1.54) is 0 Å². The highest BCUT2D eigenvalue weighted by Crippen LogP contribution is 2.25. The number of hydrogen-bond acceptors (Lipinski definition) is 1. The summed E-state index contributed by atoms with van der Waals surface area (Å²) in [5.41, 5.74) is 0. The molecule has 2 unspecified atom stereocenters. The summed E-state index contributed by atoms with van der Waals surface area (Å²) in [6.07, 6.45) is 7.77. The van der Waals surface area contributed by atoms with E-state index in [-0.39, 0.29) is 0 Å². The maximum atomic E-state index is 10.3. The van der Waals surface area contributed by atoms with Gasteiger partial charge in [-0.3, -0.25) is 4.79 Å². The largest absolute Gasteiger partial charge is 0.481 e. The van der Waals surface area contributed by atoms with Crippen molar-refractivity contribution in [3.8, 4) is 0 Å². The Labute approximate surface area is 73.3 Å². The number of carbonyl (C=O) groups is 1. The monoisotopic (exact) mass is 168 g/mol. The molecule has 0 aromatic rings. The second-order valence-electron chi connectivity index (χ2n) is 3.70. The van der Waals surface area contributed by atoms with E-state index >= 15 is 0 Å². The predicted octanol–water partition coefficient (Wildman–Crippen LogP) is 2.45. The van der Waals surface area contributed by atoms with Gasteiger partial charge in [-0.15, -0.1) is 0 Å². The number of hydrogen-bond donors (Lipinski definition) is 1. The van der Waals surface area contributed by atoms with E-state index in [0.29, 0.717) is 12.3 Å². The molecule has 0 spiro atoms. The second-order valence-corrected chi connectivity index (χ2v) is 3.70. The summed E-state index contributed by atoms with van der Waals surface area (Å²) in [6, 6.07) is 0. The molecule has 0 bridgehead atoms. The quantitative estimate of drug-likeness (QED) is 0.657. The zero-order valence-corrected chi connectivity index (χ0v) is 7.49. The minimum absolute atomic E-state index is 0.307. The van der Waals surface area contributed by atoms with E-state index in [1.54, 1.807) is 0 Å². The first-order valence-electron chi connectivity index (χ1n) is 4.57. The normalized spacial score (nSPS) is 28.8. The Morgan fingerprint density at radius 2 is 2.42 bits per heavy atom. The van der Waals surface area contributed by atoms with Crippen molar-refractivity contribution in [3.63, 3.8) is 0 Å². The average molecular weight is 168 g/mol. The standard InChI is InChI=1S/C10H16O2/c1-8-3-2-4-9(7-8)5-6-10(11)12/h2,4,8-9H,3,5-7H2,1H3,(H,11,12). The van der Waals surface area contributed by atoms with Gasteiger partial charge in [-0.25, -0.2) is 0 Å². The summed E-state index contributed by atoms with van der Waals surface area (Å²) >= 11 is 0. The van der Waals surface area contributed by atoms with E-state index in [0.717, 1.165) is 25.2 Å². The first kappa shape index (κ1) is 9.30. The van der Waals surface area contributed by atoms with E-state index in [4.69, 9.17) is 5.11 Å². The number of rotatable bonds is 3. The molecule has 12 heavy (non-hydrogen) atoms. The Kier molecular flexibility index (Phi) is 3.32. The highest BCUT2D eigenvalue weighted by molar-refractivity contribution is 5.66. The van der Waals surface area contributed by atoms with Crippen LogP contribution in [0.25, 0.3) is 0 Å². The molecule has 1 aliphatic rings. The lowest BCUT2D eigenvalue weighted by atomic mass is 9.85. The molecule has 1 rings (SSSR count). The fourth-order valence-corrected chi connectivity index (χ4v) is 1.72. The van der Waals surface area contributed by atoms with Crippen LogP contribution in [-0.4, -0.2) is 11.1 Å². The van der Waals surface area contributed by atoms with Gasteiger partial charge in [-0.05, 0) is 31.1 Å². The summed E-state index contributed by atoms with van der Waals surface area (Å²) in [5, 5.41) is 8.49. The molecule has 2 atom stereocenters. The number of allylic oxidation sites excluding steroid dienone is 2. The minimum Gasteiger partial charge on any atom is -0.481 e. The molecule has 0 radical (unpaired) electrons. The molecule has 0 amide bonds. The first-order chi connectivity index (χ1) is 5.68. The van der Waals surface area contributed by atoms with Gasteiger partial charge in [-0.2, -0.15) is 0 Å². The van der Waals surface area contributed by atoms with Crippen molar-refractivity contribution in [3.05, 3.63) is 12.2 Å². The van der Waals surface area contributed by atoms with Crippen LogP contribution >= 0.6 is 0 Å². The van der Waals surface area contributed by atoms with Crippen LogP contribution in [0.15, 0.2) is 12.2 Å². The molecular formula is C10H16O2. The average Bonchev–Trinajstić information content (AvgIpc) is 2.01. The third kappa shape index (κ3) is 3.07. The van der Waals surface area contributed by atoms with Crippen LogP contribution in [-0.2, 0) is 4.79 Å². The highest BCUT2D eigenvalue weighted by Gasteiger charge is 2.14. The van der Waals surface area contributed by atoms with E-state index in [9.17, 15) is 4.79 Å². The van der Waals surface area contributed by atoms with Crippen molar-refractivity contribution in [2.24, 2.45) is 11.8 Å². The van der Waals surface area contributed by atoms with Gasteiger partial charge in [0.1, 0.15) is 0 Å². The van der Waals surface area contributed by atoms with Crippen molar-refractivity contribution in [2.45, 2.75) is 32.6 Å². The first-order valence-corrected chi connectivity index (χ1v) is 4.57. The zero-order valence-electron chi connectivity index (χ0n) is 7.49. The molecule has 1 aliphatic carbocycles. The molecule has 2 nitrogen and oxygen atoms in total. The summed E-state index contributed by atoms with van der Waals surface area (Å²) in [4.78, 5) is 10.3. The molecule has 0 fully saturated rings. The van der Waals surface area contributed by atoms with Crippen molar-refractivity contribution in [1.29, 1.82) is 0 Å². The fourth-order valence-electron chi connectivity index (χ4n) is 1.72. The van der Waals surface area contributed by atoms with Crippen molar-refractivity contribution in [2.75, 3.05) is 0 Å². The molecule has 1 N–H and O–H groups in total. The predicted molar refractivity (Wildman–Crippen MR) is 47.9 cm³/mol. The lowest BCUT2D eigenvalue weighted by Crippen LogP contribution is -2.10. The van der Waals surface area contributed by atoms with Gasteiger partial charge in [0.2, 0.25) is 0 Å². The Morgan fingerprint density at radius 1 is 1.67 bits per heavy atom. The smallest absolute Gasteiger partial charge is 0.303 e. The van der Waals surface area contributed by atoms with Gasteiger partial charge in [0, 0.05) is 6.42 Å². The number of carboxylic acids is 1. The van der Waals surface area contributed by atoms with Gasteiger partial charge >= 0.3 is 5.97 Å². The van der Waals surface area contributed by atoms with Gasteiger partial charge in [0.05, 0.1) is 0 Å². The highest BCUT2D eigenvalue weighted by atomic mass is 16.4. The molecule has 2 heteroatoms. The van der Waals surface area contributed by atoms with E-state index in [2.05, 4.69) is 19.1 Å².